The highest BCUT2D eigenvalue weighted by Gasteiger charge is 2.24. The minimum absolute atomic E-state index is 0.589. The van der Waals surface area contributed by atoms with E-state index in [9.17, 15) is 4.79 Å². The van der Waals surface area contributed by atoms with Crippen LogP contribution in [-0.2, 0) is 4.79 Å². The molecule has 3 nitrogen and oxygen atoms in total. The van der Waals surface area contributed by atoms with Gasteiger partial charge in [0, 0.05) is 36.8 Å². The third-order valence-electron chi connectivity index (χ3n) is 3.47. The lowest BCUT2D eigenvalue weighted by atomic mass is 9.99. The highest BCUT2D eigenvalue weighted by Crippen LogP contribution is 2.34. The van der Waals surface area contributed by atoms with Crippen LogP contribution in [0.25, 0.3) is 0 Å². The van der Waals surface area contributed by atoms with Gasteiger partial charge in [-0.3, -0.25) is 4.79 Å². The Balaban J connectivity index is 2.92. The minimum Gasteiger partial charge on any atom is -0.375 e. The summed E-state index contributed by atoms with van der Waals surface area (Å²) in [7, 11) is 2.07. The second-order valence-corrected chi connectivity index (χ2v) is 4.95. The summed E-state index contributed by atoms with van der Waals surface area (Å²) in [5.74, 6) is 1.20. The molecular formula is C13H23ClN2O. The van der Waals surface area contributed by atoms with Crippen molar-refractivity contribution >= 4 is 18.0 Å². The first-order valence-electron chi connectivity index (χ1n) is 6.44. The Bertz CT molecular complexity index is 273. The van der Waals surface area contributed by atoms with Gasteiger partial charge in [0.2, 0.25) is 6.41 Å². The molecule has 17 heavy (non-hydrogen) atoms. The minimum atomic E-state index is 0.589. The van der Waals surface area contributed by atoms with Gasteiger partial charge in [-0.25, -0.2) is 0 Å². The number of hydrogen-bond donors (Lipinski definition) is 1. The van der Waals surface area contributed by atoms with Crippen LogP contribution in [0.5, 0.6) is 0 Å². The fraction of sp³-hybridized carbons (Fsp3) is 0.769. The molecule has 1 rings (SSSR count). The molecule has 1 aliphatic rings. The van der Waals surface area contributed by atoms with Crippen LogP contribution in [0.2, 0.25) is 0 Å². The van der Waals surface area contributed by atoms with E-state index in [1.807, 2.05) is 0 Å². The molecule has 0 atom stereocenters. The highest BCUT2D eigenvalue weighted by atomic mass is 35.5. The van der Waals surface area contributed by atoms with Crippen LogP contribution in [-0.4, -0.2) is 30.8 Å². The molecule has 0 aromatic rings. The predicted molar refractivity (Wildman–Crippen MR) is 71.8 cm³/mol. The standard InChI is InChI=1S/C13H23ClN2O/c1-3-12(15-10-17)13(16(2)9-8-14)11-6-4-5-7-11/h10-11H,3-9H2,1-2H3,(H,15,17)/b13-12-. The van der Waals surface area contributed by atoms with Crippen LogP contribution < -0.4 is 5.32 Å². The lowest BCUT2D eigenvalue weighted by molar-refractivity contribution is -0.109. The van der Waals surface area contributed by atoms with Crippen molar-refractivity contribution in [3.05, 3.63) is 11.4 Å². The fourth-order valence-corrected chi connectivity index (χ4v) is 2.92. The van der Waals surface area contributed by atoms with E-state index >= 15 is 0 Å². The number of carbonyl (C=O) groups is 1. The van der Waals surface area contributed by atoms with E-state index in [1.165, 1.54) is 31.4 Å². The topological polar surface area (TPSA) is 32.3 Å². The van der Waals surface area contributed by atoms with Gasteiger partial charge in [-0.1, -0.05) is 19.8 Å². The fourth-order valence-electron chi connectivity index (χ4n) is 2.66. The summed E-state index contributed by atoms with van der Waals surface area (Å²) in [6, 6.07) is 0. The Morgan fingerprint density at radius 1 is 1.47 bits per heavy atom. The summed E-state index contributed by atoms with van der Waals surface area (Å²) in [6.07, 6.45) is 6.68. The Kier molecular flexibility index (Phi) is 6.41. The summed E-state index contributed by atoms with van der Waals surface area (Å²) < 4.78 is 0. The molecule has 1 N–H and O–H groups in total. The number of hydrogen-bond acceptors (Lipinski definition) is 2. The molecule has 1 aliphatic carbocycles. The van der Waals surface area contributed by atoms with Crippen molar-refractivity contribution < 1.29 is 4.79 Å². The predicted octanol–water partition coefficient (Wildman–Crippen LogP) is 2.71. The van der Waals surface area contributed by atoms with Crippen molar-refractivity contribution in [2.24, 2.45) is 5.92 Å². The zero-order valence-corrected chi connectivity index (χ0v) is 11.6. The Labute approximate surface area is 109 Å². The van der Waals surface area contributed by atoms with E-state index in [4.69, 9.17) is 11.6 Å². The molecule has 0 radical (unpaired) electrons. The van der Waals surface area contributed by atoms with Crippen molar-refractivity contribution in [1.29, 1.82) is 0 Å². The average molecular weight is 259 g/mol. The second kappa shape index (κ2) is 7.59. The van der Waals surface area contributed by atoms with E-state index in [0.29, 0.717) is 11.8 Å². The number of rotatable bonds is 7. The van der Waals surface area contributed by atoms with Crippen LogP contribution in [0.3, 0.4) is 0 Å². The first-order chi connectivity index (χ1) is 8.24. The van der Waals surface area contributed by atoms with E-state index in [0.717, 1.165) is 25.1 Å². The lowest BCUT2D eigenvalue weighted by Crippen LogP contribution is -2.29. The lowest BCUT2D eigenvalue weighted by Gasteiger charge is -2.29. The van der Waals surface area contributed by atoms with Gasteiger partial charge in [0.25, 0.3) is 0 Å². The molecule has 98 valence electrons. The molecule has 1 amide bonds. The molecule has 4 heteroatoms. The number of nitrogens with one attached hydrogen (secondary N) is 1. The molecule has 0 spiro atoms. The van der Waals surface area contributed by atoms with Crippen molar-refractivity contribution in [2.75, 3.05) is 19.5 Å². The van der Waals surface area contributed by atoms with E-state index in [-0.39, 0.29) is 0 Å². The third-order valence-corrected chi connectivity index (χ3v) is 3.64. The van der Waals surface area contributed by atoms with Crippen LogP contribution >= 0.6 is 11.6 Å². The van der Waals surface area contributed by atoms with Gasteiger partial charge in [-0.2, -0.15) is 0 Å². The summed E-state index contributed by atoms with van der Waals surface area (Å²) in [5, 5.41) is 2.86. The van der Waals surface area contributed by atoms with Gasteiger partial charge in [-0.15, -0.1) is 11.6 Å². The van der Waals surface area contributed by atoms with Gasteiger partial charge < -0.3 is 10.2 Å². The summed E-state index contributed by atoms with van der Waals surface area (Å²) in [6.45, 7) is 2.91. The van der Waals surface area contributed by atoms with E-state index < -0.39 is 0 Å². The smallest absolute Gasteiger partial charge is 0.211 e. The summed E-state index contributed by atoms with van der Waals surface area (Å²) in [4.78, 5) is 12.9. The first kappa shape index (κ1) is 14.4. The van der Waals surface area contributed by atoms with Crippen molar-refractivity contribution in [3.63, 3.8) is 0 Å². The zero-order chi connectivity index (χ0) is 12.7. The number of alkyl halides is 1. The summed E-state index contributed by atoms with van der Waals surface area (Å²) >= 11 is 5.82. The van der Waals surface area contributed by atoms with Gasteiger partial charge in [0.15, 0.2) is 0 Å². The quantitative estimate of drug-likeness (QED) is 0.563. The maximum Gasteiger partial charge on any atom is 0.211 e. The van der Waals surface area contributed by atoms with Crippen molar-refractivity contribution in [2.45, 2.75) is 39.0 Å². The molecule has 0 aliphatic heterocycles. The molecule has 0 saturated heterocycles. The zero-order valence-electron chi connectivity index (χ0n) is 10.8. The summed E-state index contributed by atoms with van der Waals surface area (Å²) in [5.41, 5.74) is 2.34. The normalized spacial score (nSPS) is 17.8. The monoisotopic (exact) mass is 258 g/mol. The van der Waals surface area contributed by atoms with Crippen LogP contribution in [0.4, 0.5) is 0 Å². The molecule has 0 aromatic carbocycles. The SMILES string of the molecule is CC/C(NC=O)=C(\C1CCCC1)N(C)CCCl. The maximum absolute atomic E-state index is 10.7. The molecule has 1 saturated carbocycles. The van der Waals surface area contributed by atoms with Crippen LogP contribution in [0.1, 0.15) is 39.0 Å². The molecule has 0 aromatic heterocycles. The van der Waals surface area contributed by atoms with Crippen LogP contribution in [0, 0.1) is 5.92 Å². The van der Waals surface area contributed by atoms with Gasteiger partial charge in [0.05, 0.1) is 0 Å². The second-order valence-electron chi connectivity index (χ2n) is 4.57. The first-order valence-corrected chi connectivity index (χ1v) is 6.98. The Morgan fingerprint density at radius 2 is 2.12 bits per heavy atom. The van der Waals surface area contributed by atoms with Gasteiger partial charge in [-0.05, 0) is 19.3 Å². The number of nitrogens with zero attached hydrogens (tertiary/aromatic N) is 1. The number of carbonyl (C=O) groups excluding carboxylic acids is 1. The maximum atomic E-state index is 10.7. The third kappa shape index (κ3) is 3.91. The number of halogens is 1. The average Bonchev–Trinajstić information content (AvgIpc) is 2.82. The number of allylic oxidation sites excluding steroid dienone is 2. The van der Waals surface area contributed by atoms with Gasteiger partial charge in [0.1, 0.15) is 0 Å². The van der Waals surface area contributed by atoms with E-state index in [1.54, 1.807) is 0 Å². The van der Waals surface area contributed by atoms with Crippen molar-refractivity contribution in [3.8, 4) is 0 Å². The van der Waals surface area contributed by atoms with Crippen molar-refractivity contribution in [1.82, 2.24) is 10.2 Å². The molecular weight excluding hydrogens is 236 g/mol. The molecule has 0 bridgehead atoms. The molecule has 0 unspecified atom stereocenters. The van der Waals surface area contributed by atoms with Crippen LogP contribution in [0.15, 0.2) is 11.4 Å². The Hall–Kier alpha value is -0.700. The number of amides is 1. The van der Waals surface area contributed by atoms with E-state index in [2.05, 4.69) is 24.2 Å². The molecule has 0 heterocycles. The largest absolute Gasteiger partial charge is 0.375 e. The Morgan fingerprint density at radius 3 is 2.59 bits per heavy atom. The van der Waals surface area contributed by atoms with Gasteiger partial charge >= 0.3 is 0 Å². The highest BCUT2D eigenvalue weighted by molar-refractivity contribution is 6.18. The molecule has 1 fully saturated rings.